The Morgan fingerprint density at radius 3 is 2.17 bits per heavy atom. The van der Waals surface area contributed by atoms with Crippen LogP contribution in [0.5, 0.6) is 0 Å². The number of amides is 4. The largest absolute Gasteiger partial charge is 0.453 e. The predicted molar refractivity (Wildman–Crippen MR) is 140 cm³/mol. The molecular weight excluding hydrogens is 526 g/mol. The molecule has 5 atom stereocenters. The molecule has 3 aliphatic carbocycles. The third kappa shape index (κ3) is 6.25. The molecule has 1 aliphatic heterocycles. The summed E-state index contributed by atoms with van der Waals surface area (Å²) in [5.41, 5.74) is -0.776. The molecule has 12 heteroatoms. The SMILES string of the molecule is COC(=O)N[C@H](C(=O)N1C[C@H]2[C@@H]([C@H]1C(=O)N[C@@H](CCC(C)(F)F)C(=O)C(=O)NC1CC1)C21CCCC1)C(C)(C)C. The molecule has 1 heterocycles. The maximum atomic E-state index is 13.9. The highest BCUT2D eigenvalue weighted by Gasteiger charge is 2.74. The minimum atomic E-state index is -3.10. The number of alkyl carbamates (subject to hydrolysis) is 1. The molecule has 0 aromatic rings. The van der Waals surface area contributed by atoms with Gasteiger partial charge in [0.2, 0.25) is 23.5 Å². The predicted octanol–water partition coefficient (Wildman–Crippen LogP) is 2.54. The fraction of sp³-hybridized carbons (Fsp3) is 0.821. The second-order valence-electron chi connectivity index (χ2n) is 13.2. The molecule has 1 saturated heterocycles. The fourth-order valence-electron chi connectivity index (χ4n) is 6.79. The van der Waals surface area contributed by atoms with E-state index in [1.165, 1.54) is 12.0 Å². The smallest absolute Gasteiger partial charge is 0.407 e. The third-order valence-electron chi connectivity index (χ3n) is 9.08. The lowest BCUT2D eigenvalue weighted by molar-refractivity contribution is -0.145. The number of nitrogens with one attached hydrogen (secondary N) is 3. The summed E-state index contributed by atoms with van der Waals surface area (Å²) < 4.78 is 32.2. The van der Waals surface area contributed by atoms with Crippen molar-refractivity contribution >= 4 is 29.6 Å². The van der Waals surface area contributed by atoms with Gasteiger partial charge in [-0.3, -0.25) is 19.2 Å². The zero-order valence-corrected chi connectivity index (χ0v) is 24.0. The summed E-state index contributed by atoms with van der Waals surface area (Å²) in [4.78, 5) is 66.9. The van der Waals surface area contributed by atoms with Crippen LogP contribution in [0.15, 0.2) is 0 Å². The Bertz CT molecular complexity index is 1040. The second kappa shape index (κ2) is 10.9. The average molecular weight is 569 g/mol. The van der Waals surface area contributed by atoms with E-state index >= 15 is 0 Å². The molecule has 4 aliphatic rings. The highest BCUT2D eigenvalue weighted by atomic mass is 19.3. The number of ketones is 1. The van der Waals surface area contributed by atoms with E-state index in [2.05, 4.69) is 16.0 Å². The van der Waals surface area contributed by atoms with Crippen LogP contribution in [0.1, 0.15) is 79.1 Å². The van der Waals surface area contributed by atoms with E-state index in [0.29, 0.717) is 6.54 Å². The lowest BCUT2D eigenvalue weighted by Gasteiger charge is -2.38. The van der Waals surface area contributed by atoms with Crippen molar-refractivity contribution in [2.45, 2.75) is 109 Å². The quantitative estimate of drug-likeness (QED) is 0.347. The number of fused-ring (bicyclic) bond motifs is 3. The Labute approximate surface area is 233 Å². The van der Waals surface area contributed by atoms with Gasteiger partial charge in [0.15, 0.2) is 0 Å². The number of hydrogen-bond donors (Lipinski definition) is 3. The minimum Gasteiger partial charge on any atom is -0.453 e. The number of Topliss-reactive ketones (excluding diaryl/α,β-unsaturated/α-hetero) is 1. The van der Waals surface area contributed by atoms with Crippen molar-refractivity contribution in [2.24, 2.45) is 22.7 Å². The van der Waals surface area contributed by atoms with E-state index in [4.69, 9.17) is 4.74 Å². The van der Waals surface area contributed by atoms with Crippen molar-refractivity contribution in [3.63, 3.8) is 0 Å². The van der Waals surface area contributed by atoms with Gasteiger partial charge in [-0.25, -0.2) is 13.6 Å². The van der Waals surface area contributed by atoms with E-state index in [1.54, 1.807) is 20.8 Å². The Morgan fingerprint density at radius 1 is 1.02 bits per heavy atom. The van der Waals surface area contributed by atoms with Crippen LogP contribution in [0.25, 0.3) is 0 Å². The number of halogens is 2. The van der Waals surface area contributed by atoms with Crippen LogP contribution in [0, 0.1) is 22.7 Å². The van der Waals surface area contributed by atoms with Gasteiger partial charge >= 0.3 is 6.09 Å². The number of methoxy groups -OCH3 is 1. The molecule has 0 aromatic carbocycles. The molecule has 3 saturated carbocycles. The van der Waals surface area contributed by atoms with Crippen LogP contribution in [0.3, 0.4) is 0 Å². The van der Waals surface area contributed by atoms with Crippen LogP contribution >= 0.6 is 0 Å². The zero-order chi connectivity index (χ0) is 29.6. The van der Waals surface area contributed by atoms with E-state index in [1.807, 2.05) is 0 Å². The monoisotopic (exact) mass is 568 g/mol. The molecule has 0 radical (unpaired) electrons. The molecule has 0 aromatic heterocycles. The van der Waals surface area contributed by atoms with Crippen LogP contribution in [0.4, 0.5) is 13.6 Å². The third-order valence-corrected chi connectivity index (χ3v) is 9.08. The summed E-state index contributed by atoms with van der Waals surface area (Å²) in [5.74, 6) is -6.09. The van der Waals surface area contributed by atoms with E-state index in [9.17, 15) is 32.8 Å². The molecule has 10 nitrogen and oxygen atoms in total. The van der Waals surface area contributed by atoms with Gasteiger partial charge in [0.25, 0.3) is 5.91 Å². The first-order valence-corrected chi connectivity index (χ1v) is 14.3. The van der Waals surface area contributed by atoms with Gasteiger partial charge in [0.1, 0.15) is 12.1 Å². The molecule has 4 fully saturated rings. The number of piperidine rings is 1. The molecule has 1 spiro atoms. The summed E-state index contributed by atoms with van der Waals surface area (Å²) in [6, 6.07) is -3.50. The van der Waals surface area contributed by atoms with Crippen LogP contribution in [-0.4, -0.2) is 78.2 Å². The second-order valence-corrected chi connectivity index (χ2v) is 13.2. The molecule has 4 rings (SSSR count). The minimum absolute atomic E-state index is 0.0644. The highest BCUT2D eigenvalue weighted by molar-refractivity contribution is 6.38. The van der Waals surface area contributed by atoms with Gasteiger partial charge in [-0.1, -0.05) is 33.6 Å². The Balaban J connectivity index is 1.58. The summed E-state index contributed by atoms with van der Waals surface area (Å²) >= 11 is 0. The Morgan fingerprint density at radius 2 is 1.65 bits per heavy atom. The van der Waals surface area contributed by atoms with Crippen LogP contribution in [0.2, 0.25) is 0 Å². The normalized spacial score (nSPS) is 26.5. The summed E-state index contributed by atoms with van der Waals surface area (Å²) in [6.45, 7) is 6.40. The number of rotatable bonds is 10. The average Bonchev–Trinajstić information content (AvgIpc) is 3.63. The van der Waals surface area contributed by atoms with Gasteiger partial charge < -0.3 is 25.6 Å². The van der Waals surface area contributed by atoms with Gasteiger partial charge in [0, 0.05) is 19.0 Å². The first kappa shape index (κ1) is 30.2. The highest BCUT2D eigenvalue weighted by Crippen LogP contribution is 2.72. The Hall–Kier alpha value is -2.79. The fourth-order valence-corrected chi connectivity index (χ4v) is 6.79. The molecular formula is C28H42F2N4O6. The van der Waals surface area contributed by atoms with E-state index < -0.39 is 71.9 Å². The zero-order valence-electron chi connectivity index (χ0n) is 24.0. The molecule has 4 amide bonds. The summed E-state index contributed by atoms with van der Waals surface area (Å²) in [7, 11) is 1.20. The van der Waals surface area contributed by atoms with Gasteiger partial charge in [-0.05, 0) is 61.7 Å². The van der Waals surface area contributed by atoms with Gasteiger partial charge in [0.05, 0.1) is 13.2 Å². The van der Waals surface area contributed by atoms with Crippen LogP contribution in [-0.2, 0) is 23.9 Å². The molecule has 3 N–H and O–H groups in total. The Kier molecular flexibility index (Phi) is 8.21. The number of nitrogens with zero attached hydrogens (tertiary/aromatic N) is 1. The van der Waals surface area contributed by atoms with Crippen LogP contribution < -0.4 is 16.0 Å². The first-order chi connectivity index (χ1) is 18.6. The number of hydrogen-bond acceptors (Lipinski definition) is 6. The van der Waals surface area contributed by atoms with Crippen molar-refractivity contribution in [1.29, 1.82) is 0 Å². The topological polar surface area (TPSA) is 134 Å². The van der Waals surface area contributed by atoms with Crippen molar-refractivity contribution in [3.8, 4) is 0 Å². The van der Waals surface area contributed by atoms with E-state index in [-0.39, 0.29) is 23.3 Å². The molecule has 224 valence electrons. The maximum absolute atomic E-state index is 13.9. The first-order valence-electron chi connectivity index (χ1n) is 14.3. The van der Waals surface area contributed by atoms with Crippen molar-refractivity contribution in [2.75, 3.05) is 13.7 Å². The van der Waals surface area contributed by atoms with Gasteiger partial charge in [-0.15, -0.1) is 0 Å². The summed E-state index contributed by atoms with van der Waals surface area (Å²) in [5, 5.41) is 7.76. The lowest BCUT2D eigenvalue weighted by atomic mass is 9.85. The lowest BCUT2D eigenvalue weighted by Crippen LogP contribution is -2.60. The van der Waals surface area contributed by atoms with Gasteiger partial charge in [-0.2, -0.15) is 0 Å². The number of carbonyl (C=O) groups is 5. The molecule has 0 unspecified atom stereocenters. The number of ether oxygens (including phenoxy) is 1. The van der Waals surface area contributed by atoms with Crippen molar-refractivity contribution < 1.29 is 37.5 Å². The van der Waals surface area contributed by atoms with E-state index in [0.717, 1.165) is 45.4 Å². The maximum Gasteiger partial charge on any atom is 0.407 e. The number of alkyl halides is 2. The molecule has 40 heavy (non-hydrogen) atoms. The standard InChI is InChI=1S/C28H42F2N4O6/c1-26(2,3)21(33-25(39)40-5)24(38)34-14-16-18(28(16)11-6-7-12-28)19(34)22(36)32-17(10-13-27(4,29)30)20(35)23(37)31-15-8-9-15/h15-19,21H,6-14H2,1-5H3,(H,31,37)(H,32,36)(H,33,39)/t16-,17-,18-,19-,21+/m0/s1. The van der Waals surface area contributed by atoms with Crippen molar-refractivity contribution in [3.05, 3.63) is 0 Å². The summed E-state index contributed by atoms with van der Waals surface area (Å²) in [6.07, 6.45) is 3.51. The number of carbonyl (C=O) groups excluding carboxylic acids is 5. The molecule has 0 bridgehead atoms. The number of likely N-dealkylation sites (tertiary alicyclic amines) is 1. The van der Waals surface area contributed by atoms with Crippen molar-refractivity contribution in [1.82, 2.24) is 20.9 Å².